The summed E-state index contributed by atoms with van der Waals surface area (Å²) in [4.78, 5) is 11.3. The highest BCUT2D eigenvalue weighted by atomic mass is 16.6. The van der Waals surface area contributed by atoms with Crippen molar-refractivity contribution in [2.75, 3.05) is 53.4 Å². The van der Waals surface area contributed by atoms with Gasteiger partial charge >= 0.3 is 5.97 Å². The average molecular weight is 278 g/mol. The fraction of sp³-hybridized carbons (Fsp3) is 0.923. The molecule has 0 saturated carbocycles. The van der Waals surface area contributed by atoms with Crippen molar-refractivity contribution in [1.82, 2.24) is 0 Å². The molecule has 0 bridgehead atoms. The molecule has 0 N–H and O–H groups in total. The van der Waals surface area contributed by atoms with Crippen molar-refractivity contribution >= 4 is 5.97 Å². The van der Waals surface area contributed by atoms with Crippen molar-refractivity contribution in [2.24, 2.45) is 0 Å². The quantitative estimate of drug-likeness (QED) is 0.415. The van der Waals surface area contributed by atoms with Gasteiger partial charge in [0.05, 0.1) is 39.6 Å². The Bertz CT molecular complexity index is 224. The fourth-order valence-electron chi connectivity index (χ4n) is 1.11. The summed E-state index contributed by atoms with van der Waals surface area (Å²) in [7, 11) is 1.63. The van der Waals surface area contributed by atoms with Crippen LogP contribution >= 0.6 is 0 Å². The number of hydrogen-bond acceptors (Lipinski definition) is 6. The van der Waals surface area contributed by atoms with E-state index in [1.165, 1.54) is 0 Å². The van der Waals surface area contributed by atoms with Crippen molar-refractivity contribution in [1.29, 1.82) is 0 Å². The SMILES string of the molecule is COCCOCCOCCOCC(=O)OC(C)(C)C. The van der Waals surface area contributed by atoms with E-state index in [0.717, 1.165) is 0 Å². The zero-order valence-electron chi connectivity index (χ0n) is 12.4. The van der Waals surface area contributed by atoms with E-state index in [9.17, 15) is 4.79 Å². The number of esters is 1. The average Bonchev–Trinajstić information content (AvgIpc) is 2.29. The molecule has 0 saturated heterocycles. The van der Waals surface area contributed by atoms with Crippen LogP contribution in [0.2, 0.25) is 0 Å². The molecule has 114 valence electrons. The Hall–Kier alpha value is -0.690. The van der Waals surface area contributed by atoms with E-state index in [4.69, 9.17) is 23.7 Å². The maximum Gasteiger partial charge on any atom is 0.332 e. The van der Waals surface area contributed by atoms with Crippen LogP contribution in [0.25, 0.3) is 0 Å². The van der Waals surface area contributed by atoms with E-state index in [1.54, 1.807) is 7.11 Å². The van der Waals surface area contributed by atoms with Gasteiger partial charge < -0.3 is 23.7 Å². The molecule has 6 heteroatoms. The van der Waals surface area contributed by atoms with E-state index in [0.29, 0.717) is 39.6 Å². The molecule has 0 aliphatic carbocycles. The van der Waals surface area contributed by atoms with Gasteiger partial charge in [0.2, 0.25) is 0 Å². The summed E-state index contributed by atoms with van der Waals surface area (Å²) in [6.45, 7) is 8.36. The van der Waals surface area contributed by atoms with E-state index in [-0.39, 0.29) is 12.6 Å². The Kier molecular flexibility index (Phi) is 10.8. The number of carbonyl (C=O) groups is 1. The molecule has 0 fully saturated rings. The molecule has 0 aromatic carbocycles. The third-order valence-electron chi connectivity index (χ3n) is 1.82. The van der Waals surface area contributed by atoms with Gasteiger partial charge in [0.25, 0.3) is 0 Å². The lowest BCUT2D eigenvalue weighted by Crippen LogP contribution is -2.27. The van der Waals surface area contributed by atoms with Gasteiger partial charge in [0.1, 0.15) is 12.2 Å². The molecule has 0 heterocycles. The van der Waals surface area contributed by atoms with Crippen LogP contribution in [0, 0.1) is 0 Å². The van der Waals surface area contributed by atoms with Crippen LogP contribution in [0.3, 0.4) is 0 Å². The number of hydrogen-bond donors (Lipinski definition) is 0. The normalized spacial score (nSPS) is 11.6. The molecular formula is C13H26O6. The van der Waals surface area contributed by atoms with Crippen molar-refractivity contribution in [3.63, 3.8) is 0 Å². The molecular weight excluding hydrogens is 252 g/mol. The van der Waals surface area contributed by atoms with Gasteiger partial charge in [-0.1, -0.05) is 0 Å². The van der Waals surface area contributed by atoms with Crippen molar-refractivity contribution in [2.45, 2.75) is 26.4 Å². The summed E-state index contributed by atoms with van der Waals surface area (Å²) in [6.07, 6.45) is 0. The van der Waals surface area contributed by atoms with Gasteiger partial charge in [-0.25, -0.2) is 4.79 Å². The van der Waals surface area contributed by atoms with Crippen LogP contribution in [-0.2, 0) is 28.5 Å². The van der Waals surface area contributed by atoms with Crippen LogP contribution in [0.4, 0.5) is 0 Å². The molecule has 0 radical (unpaired) electrons. The molecule has 0 spiro atoms. The third kappa shape index (κ3) is 15.3. The predicted octanol–water partition coefficient (Wildman–Crippen LogP) is 1.02. The largest absolute Gasteiger partial charge is 0.458 e. The Morgan fingerprint density at radius 2 is 1.32 bits per heavy atom. The molecule has 0 aliphatic rings. The van der Waals surface area contributed by atoms with Gasteiger partial charge in [0, 0.05) is 7.11 Å². The maximum atomic E-state index is 11.3. The highest BCUT2D eigenvalue weighted by molar-refractivity contribution is 5.71. The Labute approximate surface area is 115 Å². The van der Waals surface area contributed by atoms with Gasteiger partial charge in [-0.2, -0.15) is 0 Å². The summed E-state index contributed by atoms with van der Waals surface area (Å²) < 4.78 is 25.5. The highest BCUT2D eigenvalue weighted by Crippen LogP contribution is 2.06. The zero-order chi connectivity index (χ0) is 14.6. The van der Waals surface area contributed by atoms with Gasteiger partial charge in [-0.3, -0.25) is 0 Å². The lowest BCUT2D eigenvalue weighted by Gasteiger charge is -2.19. The Morgan fingerprint density at radius 3 is 1.79 bits per heavy atom. The molecule has 0 unspecified atom stereocenters. The number of carbonyl (C=O) groups excluding carboxylic acids is 1. The minimum Gasteiger partial charge on any atom is -0.458 e. The summed E-state index contributed by atoms with van der Waals surface area (Å²) in [5.41, 5.74) is -0.476. The first-order valence-corrected chi connectivity index (χ1v) is 6.39. The number of ether oxygens (including phenoxy) is 5. The monoisotopic (exact) mass is 278 g/mol. The third-order valence-corrected chi connectivity index (χ3v) is 1.82. The molecule has 0 aromatic rings. The van der Waals surface area contributed by atoms with Crippen molar-refractivity contribution in [3.8, 4) is 0 Å². The molecule has 0 aromatic heterocycles. The molecule has 0 aliphatic heterocycles. The van der Waals surface area contributed by atoms with Crippen LogP contribution in [-0.4, -0.2) is 64.9 Å². The lowest BCUT2D eigenvalue weighted by atomic mass is 10.2. The van der Waals surface area contributed by atoms with E-state index in [2.05, 4.69) is 0 Å². The van der Waals surface area contributed by atoms with E-state index < -0.39 is 5.60 Å². The lowest BCUT2D eigenvalue weighted by molar-refractivity contribution is -0.160. The Morgan fingerprint density at radius 1 is 0.842 bits per heavy atom. The first-order valence-electron chi connectivity index (χ1n) is 6.39. The van der Waals surface area contributed by atoms with Gasteiger partial charge in [0.15, 0.2) is 0 Å². The molecule has 0 amide bonds. The molecule has 0 rings (SSSR count). The maximum absolute atomic E-state index is 11.3. The van der Waals surface area contributed by atoms with Gasteiger partial charge in [-0.15, -0.1) is 0 Å². The molecule has 19 heavy (non-hydrogen) atoms. The summed E-state index contributed by atoms with van der Waals surface area (Å²) in [5.74, 6) is -0.365. The number of rotatable bonds is 11. The van der Waals surface area contributed by atoms with E-state index >= 15 is 0 Å². The summed E-state index contributed by atoms with van der Waals surface area (Å²) in [6, 6.07) is 0. The standard InChI is InChI=1S/C13H26O6/c1-13(2,3)19-12(14)11-18-10-9-17-8-7-16-6-5-15-4/h5-11H2,1-4H3. The van der Waals surface area contributed by atoms with Crippen LogP contribution < -0.4 is 0 Å². The van der Waals surface area contributed by atoms with Crippen LogP contribution in [0.5, 0.6) is 0 Å². The van der Waals surface area contributed by atoms with Crippen LogP contribution in [0.15, 0.2) is 0 Å². The molecule has 6 nitrogen and oxygen atoms in total. The van der Waals surface area contributed by atoms with Crippen LogP contribution in [0.1, 0.15) is 20.8 Å². The smallest absolute Gasteiger partial charge is 0.332 e. The minimum absolute atomic E-state index is 0.0506. The van der Waals surface area contributed by atoms with Crippen molar-refractivity contribution < 1.29 is 28.5 Å². The topological polar surface area (TPSA) is 63.2 Å². The summed E-state index contributed by atoms with van der Waals surface area (Å²) in [5, 5.41) is 0. The second-order valence-corrected chi connectivity index (χ2v) is 4.86. The first kappa shape index (κ1) is 18.3. The van der Waals surface area contributed by atoms with Crippen molar-refractivity contribution in [3.05, 3.63) is 0 Å². The Balaban J connectivity index is 3.21. The van der Waals surface area contributed by atoms with Gasteiger partial charge in [-0.05, 0) is 20.8 Å². The molecule has 0 atom stereocenters. The number of methoxy groups -OCH3 is 1. The summed E-state index contributed by atoms with van der Waals surface area (Å²) >= 11 is 0. The second-order valence-electron chi connectivity index (χ2n) is 4.86. The predicted molar refractivity (Wildman–Crippen MR) is 70.2 cm³/mol. The fourth-order valence-corrected chi connectivity index (χ4v) is 1.11. The second kappa shape index (κ2) is 11.2. The zero-order valence-corrected chi connectivity index (χ0v) is 12.4. The highest BCUT2D eigenvalue weighted by Gasteiger charge is 2.15. The minimum atomic E-state index is -0.476. The first-order chi connectivity index (χ1) is 8.95. The van der Waals surface area contributed by atoms with E-state index in [1.807, 2.05) is 20.8 Å².